The summed E-state index contributed by atoms with van der Waals surface area (Å²) in [5.74, 6) is 0.369. The summed E-state index contributed by atoms with van der Waals surface area (Å²) in [4.78, 5) is 0. The van der Waals surface area contributed by atoms with Crippen LogP contribution in [0, 0.1) is 25.6 Å². The lowest BCUT2D eigenvalue weighted by atomic mass is 9.95. The highest BCUT2D eigenvalue weighted by atomic mass is 19.1. The molecule has 15 heavy (non-hydrogen) atoms. The first-order chi connectivity index (χ1) is 7.04. The molecule has 0 aliphatic heterocycles. The SMILES string of the molecule is Cc1cc(F)c(CC(C)CCN)cc1C. The van der Waals surface area contributed by atoms with Gasteiger partial charge in [0.05, 0.1) is 0 Å². The van der Waals surface area contributed by atoms with Crippen LogP contribution in [0.15, 0.2) is 12.1 Å². The van der Waals surface area contributed by atoms with Crippen molar-refractivity contribution in [1.82, 2.24) is 0 Å². The van der Waals surface area contributed by atoms with Gasteiger partial charge in [0.25, 0.3) is 0 Å². The van der Waals surface area contributed by atoms with E-state index in [0.29, 0.717) is 12.5 Å². The van der Waals surface area contributed by atoms with Crippen LogP contribution in [-0.4, -0.2) is 6.54 Å². The van der Waals surface area contributed by atoms with Crippen molar-refractivity contribution in [3.05, 3.63) is 34.6 Å². The Balaban J connectivity index is 2.81. The van der Waals surface area contributed by atoms with Crippen LogP contribution in [-0.2, 0) is 6.42 Å². The van der Waals surface area contributed by atoms with Gasteiger partial charge in [-0.05, 0) is 61.9 Å². The smallest absolute Gasteiger partial charge is 0.126 e. The standard InChI is InChI=1S/C13H20FN/c1-9(4-5-15)6-12-7-10(2)11(3)8-13(12)14/h7-9H,4-6,15H2,1-3H3. The molecule has 0 heterocycles. The zero-order valence-electron chi connectivity index (χ0n) is 9.81. The summed E-state index contributed by atoms with van der Waals surface area (Å²) >= 11 is 0. The molecule has 0 spiro atoms. The van der Waals surface area contributed by atoms with Gasteiger partial charge in [-0.2, -0.15) is 0 Å². The Kier molecular flexibility index (Phi) is 4.28. The van der Waals surface area contributed by atoms with Gasteiger partial charge in [0.15, 0.2) is 0 Å². The molecular formula is C13H20FN. The third-order valence-electron chi connectivity index (χ3n) is 2.89. The Morgan fingerprint density at radius 3 is 2.47 bits per heavy atom. The second kappa shape index (κ2) is 5.26. The molecule has 1 rings (SSSR count). The van der Waals surface area contributed by atoms with Gasteiger partial charge in [0, 0.05) is 0 Å². The molecule has 0 amide bonds. The van der Waals surface area contributed by atoms with E-state index in [2.05, 4.69) is 6.92 Å². The molecule has 84 valence electrons. The summed E-state index contributed by atoms with van der Waals surface area (Å²) in [7, 11) is 0. The van der Waals surface area contributed by atoms with E-state index in [1.165, 1.54) is 0 Å². The molecule has 0 aliphatic rings. The van der Waals surface area contributed by atoms with Crippen molar-refractivity contribution < 1.29 is 4.39 Å². The van der Waals surface area contributed by atoms with Gasteiger partial charge in [0.1, 0.15) is 5.82 Å². The second-order valence-corrected chi connectivity index (χ2v) is 4.41. The summed E-state index contributed by atoms with van der Waals surface area (Å²) in [5.41, 5.74) is 8.48. The quantitative estimate of drug-likeness (QED) is 0.810. The highest BCUT2D eigenvalue weighted by molar-refractivity contribution is 5.31. The predicted molar refractivity (Wildman–Crippen MR) is 62.4 cm³/mol. The van der Waals surface area contributed by atoms with Gasteiger partial charge < -0.3 is 5.73 Å². The summed E-state index contributed by atoms with van der Waals surface area (Å²) in [5, 5.41) is 0. The second-order valence-electron chi connectivity index (χ2n) is 4.41. The first kappa shape index (κ1) is 12.2. The van der Waals surface area contributed by atoms with Gasteiger partial charge in [-0.3, -0.25) is 0 Å². The molecule has 0 fully saturated rings. The Bertz CT molecular complexity index is 334. The van der Waals surface area contributed by atoms with Crippen molar-refractivity contribution in [2.24, 2.45) is 11.7 Å². The first-order valence-electron chi connectivity index (χ1n) is 5.50. The Hall–Kier alpha value is -0.890. The molecule has 0 saturated heterocycles. The van der Waals surface area contributed by atoms with Gasteiger partial charge in [0.2, 0.25) is 0 Å². The lowest BCUT2D eigenvalue weighted by Gasteiger charge is -2.12. The zero-order valence-corrected chi connectivity index (χ0v) is 9.81. The molecule has 2 heteroatoms. The van der Waals surface area contributed by atoms with Crippen molar-refractivity contribution >= 4 is 0 Å². The number of benzene rings is 1. The zero-order chi connectivity index (χ0) is 11.4. The van der Waals surface area contributed by atoms with E-state index in [1.807, 2.05) is 19.9 Å². The Morgan fingerprint density at radius 1 is 1.27 bits per heavy atom. The van der Waals surface area contributed by atoms with Gasteiger partial charge >= 0.3 is 0 Å². The summed E-state index contributed by atoms with van der Waals surface area (Å²) in [6.07, 6.45) is 1.73. The summed E-state index contributed by atoms with van der Waals surface area (Å²) < 4.78 is 13.6. The van der Waals surface area contributed by atoms with Crippen molar-refractivity contribution in [1.29, 1.82) is 0 Å². The molecule has 1 aromatic carbocycles. The van der Waals surface area contributed by atoms with Crippen LogP contribution >= 0.6 is 0 Å². The van der Waals surface area contributed by atoms with E-state index in [0.717, 1.165) is 29.5 Å². The van der Waals surface area contributed by atoms with Crippen LogP contribution in [0.1, 0.15) is 30.0 Å². The van der Waals surface area contributed by atoms with E-state index in [9.17, 15) is 4.39 Å². The highest BCUT2D eigenvalue weighted by Gasteiger charge is 2.09. The lowest BCUT2D eigenvalue weighted by Crippen LogP contribution is -2.09. The fourth-order valence-corrected chi connectivity index (χ4v) is 1.76. The normalized spacial score (nSPS) is 12.9. The highest BCUT2D eigenvalue weighted by Crippen LogP contribution is 2.19. The average molecular weight is 209 g/mol. The monoisotopic (exact) mass is 209 g/mol. The molecular weight excluding hydrogens is 189 g/mol. The number of rotatable bonds is 4. The Labute approximate surface area is 91.5 Å². The van der Waals surface area contributed by atoms with Gasteiger partial charge in [-0.25, -0.2) is 4.39 Å². The number of halogens is 1. The molecule has 0 saturated carbocycles. The minimum atomic E-state index is -0.0815. The van der Waals surface area contributed by atoms with Crippen LogP contribution in [0.3, 0.4) is 0 Å². The molecule has 1 atom stereocenters. The maximum absolute atomic E-state index is 13.6. The molecule has 2 N–H and O–H groups in total. The van der Waals surface area contributed by atoms with Gasteiger partial charge in [-0.1, -0.05) is 13.0 Å². The molecule has 1 aromatic rings. The van der Waals surface area contributed by atoms with Crippen LogP contribution in [0.4, 0.5) is 4.39 Å². The van der Waals surface area contributed by atoms with Crippen LogP contribution < -0.4 is 5.73 Å². The molecule has 0 aliphatic carbocycles. The van der Waals surface area contributed by atoms with E-state index >= 15 is 0 Å². The molecule has 0 bridgehead atoms. The van der Waals surface area contributed by atoms with E-state index in [-0.39, 0.29) is 5.82 Å². The number of hydrogen-bond acceptors (Lipinski definition) is 1. The lowest BCUT2D eigenvalue weighted by molar-refractivity contribution is 0.516. The molecule has 1 unspecified atom stereocenters. The largest absolute Gasteiger partial charge is 0.330 e. The van der Waals surface area contributed by atoms with Crippen molar-refractivity contribution in [3.63, 3.8) is 0 Å². The van der Waals surface area contributed by atoms with Crippen LogP contribution in [0.25, 0.3) is 0 Å². The van der Waals surface area contributed by atoms with E-state index in [4.69, 9.17) is 5.73 Å². The molecule has 0 radical (unpaired) electrons. The van der Waals surface area contributed by atoms with E-state index < -0.39 is 0 Å². The average Bonchev–Trinajstić information content (AvgIpc) is 2.14. The minimum Gasteiger partial charge on any atom is -0.330 e. The fraction of sp³-hybridized carbons (Fsp3) is 0.538. The van der Waals surface area contributed by atoms with Crippen molar-refractivity contribution in [2.75, 3.05) is 6.54 Å². The summed E-state index contributed by atoms with van der Waals surface area (Å²) in [6.45, 7) is 6.74. The molecule has 0 aromatic heterocycles. The first-order valence-corrected chi connectivity index (χ1v) is 5.50. The van der Waals surface area contributed by atoms with E-state index in [1.54, 1.807) is 6.07 Å². The van der Waals surface area contributed by atoms with Crippen LogP contribution in [0.2, 0.25) is 0 Å². The minimum absolute atomic E-state index is 0.0815. The predicted octanol–water partition coefficient (Wildman–Crippen LogP) is 2.97. The van der Waals surface area contributed by atoms with Crippen LogP contribution in [0.5, 0.6) is 0 Å². The maximum atomic E-state index is 13.6. The fourth-order valence-electron chi connectivity index (χ4n) is 1.76. The number of nitrogens with two attached hydrogens (primary N) is 1. The van der Waals surface area contributed by atoms with Crippen molar-refractivity contribution in [2.45, 2.75) is 33.6 Å². The Morgan fingerprint density at radius 2 is 1.87 bits per heavy atom. The third-order valence-corrected chi connectivity index (χ3v) is 2.89. The van der Waals surface area contributed by atoms with Gasteiger partial charge in [-0.15, -0.1) is 0 Å². The van der Waals surface area contributed by atoms with Crippen molar-refractivity contribution in [3.8, 4) is 0 Å². The number of aryl methyl sites for hydroxylation is 2. The summed E-state index contributed by atoms with van der Waals surface area (Å²) in [6, 6.07) is 3.58. The number of hydrogen-bond donors (Lipinski definition) is 1. The molecule has 1 nitrogen and oxygen atoms in total. The topological polar surface area (TPSA) is 26.0 Å². The maximum Gasteiger partial charge on any atom is 0.126 e. The third kappa shape index (κ3) is 3.31.